The number of carboxylic acid groups (broad SMARTS) is 1. The van der Waals surface area contributed by atoms with Crippen molar-refractivity contribution in [2.45, 2.75) is 50.2 Å². The molecule has 0 aromatic carbocycles. The molecule has 3 aliphatic rings. The molecule has 3 fully saturated rings. The molecule has 20 heavy (non-hydrogen) atoms. The monoisotopic (exact) mass is 282 g/mol. The fourth-order valence-electron chi connectivity index (χ4n) is 3.90. The van der Waals surface area contributed by atoms with Gasteiger partial charge in [-0.05, 0) is 25.2 Å². The molecule has 0 aromatic heterocycles. The maximum absolute atomic E-state index is 12.7. The van der Waals surface area contributed by atoms with Gasteiger partial charge in [-0.3, -0.25) is 4.79 Å². The largest absolute Gasteiger partial charge is 0.480 e. The number of hydrogen-bond donors (Lipinski definition) is 2. The topological polar surface area (TPSA) is 78.9 Å². The Morgan fingerprint density at radius 1 is 1.25 bits per heavy atom. The lowest BCUT2D eigenvalue weighted by molar-refractivity contribution is -0.152. The third kappa shape index (κ3) is 2.42. The highest BCUT2D eigenvalue weighted by Gasteiger charge is 2.48. The average molecular weight is 282 g/mol. The molecular weight excluding hydrogens is 260 g/mol. The fourth-order valence-corrected chi connectivity index (χ4v) is 3.90. The summed E-state index contributed by atoms with van der Waals surface area (Å²) in [6.07, 6.45) is 4.84. The lowest BCUT2D eigenvalue weighted by atomic mass is 9.84. The number of carbonyl (C=O) groups is 2. The quantitative estimate of drug-likeness (QED) is 0.757. The number of aliphatic carboxylic acids is 1. The Labute approximate surface area is 118 Å². The second-order valence-electron chi connectivity index (χ2n) is 6.03. The number of hydrogen-bond acceptors (Lipinski definition) is 4. The number of ether oxygens (including phenoxy) is 1. The zero-order chi connectivity index (χ0) is 14.1. The lowest BCUT2D eigenvalue weighted by Crippen LogP contribution is -2.57. The molecule has 0 spiro atoms. The SMILES string of the molecule is O=C(O)C1CC2CCCCC2N1C(=O)C1COCCN1. The zero-order valence-electron chi connectivity index (χ0n) is 11.6. The van der Waals surface area contributed by atoms with E-state index in [0.29, 0.717) is 32.1 Å². The van der Waals surface area contributed by atoms with Crippen LogP contribution in [0, 0.1) is 5.92 Å². The van der Waals surface area contributed by atoms with E-state index in [1.54, 1.807) is 4.90 Å². The molecule has 6 heteroatoms. The molecule has 1 aliphatic carbocycles. The number of morpholine rings is 1. The van der Waals surface area contributed by atoms with E-state index in [4.69, 9.17) is 4.74 Å². The summed E-state index contributed by atoms with van der Waals surface area (Å²) in [6, 6.07) is -0.924. The smallest absolute Gasteiger partial charge is 0.326 e. The number of carboxylic acids is 1. The molecule has 4 unspecified atom stereocenters. The van der Waals surface area contributed by atoms with Crippen LogP contribution in [0.4, 0.5) is 0 Å². The van der Waals surface area contributed by atoms with Crippen molar-refractivity contribution in [3.8, 4) is 0 Å². The molecule has 2 heterocycles. The first-order chi connectivity index (χ1) is 9.68. The Morgan fingerprint density at radius 2 is 2.05 bits per heavy atom. The van der Waals surface area contributed by atoms with Crippen molar-refractivity contribution in [1.29, 1.82) is 0 Å². The fraction of sp³-hybridized carbons (Fsp3) is 0.857. The second-order valence-corrected chi connectivity index (χ2v) is 6.03. The standard InChI is InChI=1S/C14H22N2O4/c17-13(10-8-20-6-5-15-10)16-11-4-2-1-3-9(11)7-12(16)14(18)19/h9-12,15H,1-8H2,(H,18,19). The summed E-state index contributed by atoms with van der Waals surface area (Å²) in [6.45, 7) is 1.60. The number of carbonyl (C=O) groups excluding carboxylic acids is 1. The van der Waals surface area contributed by atoms with Gasteiger partial charge in [0.25, 0.3) is 0 Å². The third-order valence-electron chi connectivity index (χ3n) is 4.85. The summed E-state index contributed by atoms with van der Waals surface area (Å²) in [5, 5.41) is 12.6. The minimum Gasteiger partial charge on any atom is -0.480 e. The number of fused-ring (bicyclic) bond motifs is 1. The van der Waals surface area contributed by atoms with Crippen molar-refractivity contribution in [3.63, 3.8) is 0 Å². The highest BCUT2D eigenvalue weighted by molar-refractivity contribution is 5.88. The van der Waals surface area contributed by atoms with Gasteiger partial charge in [-0.1, -0.05) is 12.8 Å². The van der Waals surface area contributed by atoms with Crippen molar-refractivity contribution < 1.29 is 19.4 Å². The van der Waals surface area contributed by atoms with Gasteiger partial charge in [0.15, 0.2) is 0 Å². The lowest BCUT2D eigenvalue weighted by Gasteiger charge is -2.36. The van der Waals surface area contributed by atoms with Crippen molar-refractivity contribution in [2.75, 3.05) is 19.8 Å². The Kier molecular flexibility index (Phi) is 3.94. The minimum atomic E-state index is -0.871. The number of nitrogens with one attached hydrogen (secondary N) is 1. The number of amides is 1. The van der Waals surface area contributed by atoms with Crippen molar-refractivity contribution in [2.24, 2.45) is 5.92 Å². The van der Waals surface area contributed by atoms with Crippen LogP contribution in [-0.2, 0) is 14.3 Å². The van der Waals surface area contributed by atoms with E-state index in [9.17, 15) is 14.7 Å². The van der Waals surface area contributed by atoms with Gasteiger partial charge < -0.3 is 20.1 Å². The molecule has 1 saturated carbocycles. The van der Waals surface area contributed by atoms with Crippen LogP contribution in [0.25, 0.3) is 0 Å². The summed E-state index contributed by atoms with van der Waals surface area (Å²) in [4.78, 5) is 25.8. The number of rotatable bonds is 2. The molecule has 3 rings (SSSR count). The summed E-state index contributed by atoms with van der Waals surface area (Å²) < 4.78 is 5.34. The van der Waals surface area contributed by atoms with Crippen LogP contribution in [0.15, 0.2) is 0 Å². The van der Waals surface area contributed by atoms with Crippen LogP contribution in [0.2, 0.25) is 0 Å². The van der Waals surface area contributed by atoms with E-state index in [2.05, 4.69) is 5.32 Å². The molecule has 2 aliphatic heterocycles. The summed E-state index contributed by atoms with van der Waals surface area (Å²) in [5.41, 5.74) is 0. The summed E-state index contributed by atoms with van der Waals surface area (Å²) in [5.74, 6) is -0.603. The Morgan fingerprint density at radius 3 is 2.75 bits per heavy atom. The average Bonchev–Trinajstić information content (AvgIpc) is 2.87. The Balaban J connectivity index is 1.79. The van der Waals surface area contributed by atoms with Gasteiger partial charge in [0.2, 0.25) is 5.91 Å². The zero-order valence-corrected chi connectivity index (χ0v) is 11.6. The molecule has 2 N–H and O–H groups in total. The second kappa shape index (κ2) is 5.69. The van der Waals surface area contributed by atoms with Crippen LogP contribution in [0.3, 0.4) is 0 Å². The number of nitrogens with zero attached hydrogens (tertiary/aromatic N) is 1. The normalized spacial score (nSPS) is 37.5. The van der Waals surface area contributed by atoms with Gasteiger partial charge in [0, 0.05) is 12.6 Å². The van der Waals surface area contributed by atoms with E-state index >= 15 is 0 Å². The maximum Gasteiger partial charge on any atom is 0.326 e. The first kappa shape index (κ1) is 13.8. The van der Waals surface area contributed by atoms with Gasteiger partial charge in [-0.25, -0.2) is 4.79 Å². The molecule has 0 radical (unpaired) electrons. The Hall–Kier alpha value is -1.14. The van der Waals surface area contributed by atoms with Crippen LogP contribution in [-0.4, -0.2) is 59.8 Å². The molecule has 1 amide bonds. The van der Waals surface area contributed by atoms with E-state index < -0.39 is 12.0 Å². The van der Waals surface area contributed by atoms with Gasteiger partial charge in [0.1, 0.15) is 12.1 Å². The van der Waals surface area contributed by atoms with Gasteiger partial charge >= 0.3 is 5.97 Å². The highest BCUT2D eigenvalue weighted by Crippen LogP contribution is 2.40. The highest BCUT2D eigenvalue weighted by atomic mass is 16.5. The third-order valence-corrected chi connectivity index (χ3v) is 4.85. The van der Waals surface area contributed by atoms with Crippen molar-refractivity contribution in [3.05, 3.63) is 0 Å². The summed E-state index contributed by atoms with van der Waals surface area (Å²) in [7, 11) is 0. The van der Waals surface area contributed by atoms with Gasteiger partial charge in [-0.15, -0.1) is 0 Å². The van der Waals surface area contributed by atoms with Crippen LogP contribution >= 0.6 is 0 Å². The van der Waals surface area contributed by atoms with Crippen molar-refractivity contribution in [1.82, 2.24) is 10.2 Å². The van der Waals surface area contributed by atoms with Crippen LogP contribution in [0.5, 0.6) is 0 Å². The molecule has 112 valence electrons. The van der Waals surface area contributed by atoms with Crippen LogP contribution < -0.4 is 5.32 Å². The van der Waals surface area contributed by atoms with E-state index in [-0.39, 0.29) is 18.0 Å². The predicted octanol–water partition coefficient (Wildman–Crippen LogP) is 0.219. The molecule has 6 nitrogen and oxygen atoms in total. The van der Waals surface area contributed by atoms with Gasteiger partial charge in [-0.2, -0.15) is 0 Å². The first-order valence-corrected chi connectivity index (χ1v) is 7.54. The summed E-state index contributed by atoms with van der Waals surface area (Å²) >= 11 is 0. The molecule has 0 aromatic rings. The molecule has 4 atom stereocenters. The van der Waals surface area contributed by atoms with E-state index in [1.165, 1.54) is 0 Å². The number of likely N-dealkylation sites (tertiary alicyclic amines) is 1. The molecule has 2 saturated heterocycles. The molecular formula is C14H22N2O4. The minimum absolute atomic E-state index is 0.0912. The molecule has 0 bridgehead atoms. The maximum atomic E-state index is 12.7. The van der Waals surface area contributed by atoms with Gasteiger partial charge in [0.05, 0.1) is 13.2 Å². The Bertz CT molecular complexity index is 395. The first-order valence-electron chi connectivity index (χ1n) is 7.54. The van der Waals surface area contributed by atoms with Crippen LogP contribution in [0.1, 0.15) is 32.1 Å². The van der Waals surface area contributed by atoms with Crippen molar-refractivity contribution >= 4 is 11.9 Å². The predicted molar refractivity (Wildman–Crippen MR) is 71.2 cm³/mol. The van der Waals surface area contributed by atoms with E-state index in [1.807, 2.05) is 0 Å². The van der Waals surface area contributed by atoms with E-state index in [0.717, 1.165) is 25.7 Å².